The third kappa shape index (κ3) is 7.04. The molecule has 2 aromatic rings. The second-order valence-corrected chi connectivity index (χ2v) is 13.6. The van der Waals surface area contributed by atoms with Crippen LogP contribution in [-0.2, 0) is 28.7 Å². The molecule has 3 amide bonds. The van der Waals surface area contributed by atoms with Crippen molar-refractivity contribution in [2.75, 3.05) is 24.7 Å². The second-order valence-electron chi connectivity index (χ2n) is 13.1. The molecule has 49 heavy (non-hydrogen) atoms. The van der Waals surface area contributed by atoms with Gasteiger partial charge in [0.1, 0.15) is 18.2 Å². The average Bonchev–Trinajstić information content (AvgIpc) is 3.76. The summed E-state index contributed by atoms with van der Waals surface area (Å²) in [6.07, 6.45) is 4.81. The number of fused-ring (bicyclic) bond motifs is 1. The first-order valence-electron chi connectivity index (χ1n) is 17.0. The third-order valence-corrected chi connectivity index (χ3v) is 10.6. The number of anilines is 1. The topological polar surface area (TPSA) is 125 Å². The van der Waals surface area contributed by atoms with Gasteiger partial charge in [-0.3, -0.25) is 19.2 Å². The zero-order valence-electron chi connectivity index (χ0n) is 28.1. The fourth-order valence-corrected chi connectivity index (χ4v) is 7.83. The number of halogens is 1. The monoisotopic (exact) mass is 691 g/mol. The Morgan fingerprint density at radius 1 is 1.16 bits per heavy atom. The van der Waals surface area contributed by atoms with Crippen LogP contribution >= 0.6 is 11.6 Å². The molecule has 262 valence electrons. The molecule has 3 heterocycles. The molecule has 11 heteroatoms. The van der Waals surface area contributed by atoms with Gasteiger partial charge in [-0.15, -0.1) is 13.2 Å². The lowest BCUT2D eigenvalue weighted by Gasteiger charge is -2.40. The molecule has 2 bridgehead atoms. The van der Waals surface area contributed by atoms with Crippen molar-refractivity contribution in [2.24, 2.45) is 17.8 Å². The van der Waals surface area contributed by atoms with Crippen molar-refractivity contribution in [1.29, 1.82) is 0 Å². The van der Waals surface area contributed by atoms with Crippen LogP contribution in [-0.4, -0.2) is 77.2 Å². The largest absolute Gasteiger partial charge is 0.463 e. The fourth-order valence-electron chi connectivity index (χ4n) is 7.71. The number of aliphatic hydroxyl groups is 1. The zero-order valence-corrected chi connectivity index (χ0v) is 28.9. The molecule has 0 aliphatic carbocycles. The van der Waals surface area contributed by atoms with Gasteiger partial charge in [0.15, 0.2) is 0 Å². The van der Waals surface area contributed by atoms with E-state index in [4.69, 9.17) is 21.1 Å². The number of carbonyl (C=O) groups excluding carboxylic acids is 4. The first kappa shape index (κ1) is 36.3. The number of likely N-dealkylation sites (tertiary alicyclic amines) is 1. The number of nitrogens with zero attached hydrogens (tertiary/aromatic N) is 2. The van der Waals surface area contributed by atoms with Gasteiger partial charge < -0.3 is 29.7 Å². The van der Waals surface area contributed by atoms with Crippen molar-refractivity contribution in [1.82, 2.24) is 10.2 Å². The Bertz CT molecular complexity index is 1540. The predicted molar refractivity (Wildman–Crippen MR) is 186 cm³/mol. The minimum absolute atomic E-state index is 0.0980. The van der Waals surface area contributed by atoms with E-state index in [1.54, 1.807) is 41.3 Å². The summed E-state index contributed by atoms with van der Waals surface area (Å²) in [6, 6.07) is 13.6. The van der Waals surface area contributed by atoms with Gasteiger partial charge >= 0.3 is 5.97 Å². The Labute approximate surface area is 293 Å². The minimum Gasteiger partial charge on any atom is -0.463 e. The number of ether oxygens (including phenoxy) is 2. The Balaban J connectivity index is 1.51. The molecular weight excluding hydrogens is 646 g/mol. The fraction of sp³-hybridized carbons (Fsp3) is 0.474. The lowest BCUT2D eigenvalue weighted by atomic mass is 9.70. The summed E-state index contributed by atoms with van der Waals surface area (Å²) in [4.78, 5) is 59.3. The van der Waals surface area contributed by atoms with Crippen molar-refractivity contribution >= 4 is 41.0 Å². The number of rotatable bonds is 16. The summed E-state index contributed by atoms with van der Waals surface area (Å²) in [5.41, 5.74) is 0.0204. The second kappa shape index (κ2) is 15.7. The maximum atomic E-state index is 14.8. The van der Waals surface area contributed by atoms with E-state index in [2.05, 4.69) is 18.5 Å². The predicted octanol–water partition coefficient (Wildman–Crippen LogP) is 5.01. The van der Waals surface area contributed by atoms with Crippen molar-refractivity contribution in [3.05, 3.63) is 90.5 Å². The molecule has 8 atom stereocenters. The van der Waals surface area contributed by atoms with Crippen LogP contribution in [0.5, 0.6) is 0 Å². The molecule has 3 aliphatic rings. The van der Waals surface area contributed by atoms with Crippen LogP contribution < -0.4 is 10.2 Å². The van der Waals surface area contributed by atoms with Gasteiger partial charge in [-0.2, -0.15) is 0 Å². The number of esters is 1. The quantitative estimate of drug-likeness (QED) is 0.187. The van der Waals surface area contributed by atoms with Gasteiger partial charge in [0.25, 0.3) is 5.91 Å². The lowest BCUT2D eigenvalue weighted by molar-refractivity contribution is -0.147. The molecule has 3 aliphatic heterocycles. The number of aliphatic hydroxyl groups excluding tert-OH is 1. The van der Waals surface area contributed by atoms with E-state index >= 15 is 0 Å². The minimum atomic E-state index is -1.28. The molecule has 5 rings (SSSR count). The van der Waals surface area contributed by atoms with Gasteiger partial charge in [-0.05, 0) is 55.0 Å². The molecule has 0 unspecified atom stereocenters. The summed E-state index contributed by atoms with van der Waals surface area (Å²) in [7, 11) is 0. The number of carbonyl (C=O) groups is 4. The molecule has 2 N–H and O–H groups in total. The lowest BCUT2D eigenvalue weighted by Crippen LogP contribution is -2.60. The molecule has 1 spiro atoms. The number of hydrogen-bond acceptors (Lipinski definition) is 7. The van der Waals surface area contributed by atoms with Crippen LogP contribution in [0, 0.1) is 17.8 Å². The highest BCUT2D eigenvalue weighted by molar-refractivity contribution is 6.30. The van der Waals surface area contributed by atoms with Crippen LogP contribution in [0.3, 0.4) is 0 Å². The van der Waals surface area contributed by atoms with Crippen molar-refractivity contribution in [2.45, 2.75) is 75.8 Å². The summed E-state index contributed by atoms with van der Waals surface area (Å²) >= 11 is 6.16. The van der Waals surface area contributed by atoms with Crippen molar-refractivity contribution in [3.63, 3.8) is 0 Å². The molecule has 0 radical (unpaired) electrons. The SMILES string of the molecule is C=CCCC(=O)OC[C@H](NC(=O)[C@@H]1[C@@H]2CC[C@]3(O2)[C@H](C(=O)N(CC=C)c2ccc(Cl)cc2)N([C@@H](CO)[C@@H](C)CC)C(=O)[C@@H]13)c1ccccc1. The average molecular weight is 692 g/mol. The van der Waals surface area contributed by atoms with E-state index in [-0.39, 0.29) is 43.9 Å². The molecule has 3 saturated heterocycles. The van der Waals surface area contributed by atoms with E-state index in [0.717, 1.165) is 5.56 Å². The standard InChI is InChI=1S/C38H46ClN3O7/c1-5-8-14-31(44)48-23-28(25-12-10-9-11-13-25)40-35(45)32-30-19-20-38(49-30)33(32)36(46)42(29(22-43)24(4)7-3)34(38)37(47)41(21-6-2)27-17-15-26(39)16-18-27/h5-6,9-13,15-18,24,28-30,32-34,43H,1-2,7-8,14,19-23H2,3-4H3,(H,40,45)/t24-,28-,29-,30-,32+,33+,34-,38+/m0/s1. The Morgan fingerprint density at radius 2 is 1.88 bits per heavy atom. The smallest absolute Gasteiger partial charge is 0.306 e. The van der Waals surface area contributed by atoms with Crippen molar-refractivity contribution < 1.29 is 33.8 Å². The third-order valence-electron chi connectivity index (χ3n) is 10.3. The Kier molecular flexibility index (Phi) is 11.6. The van der Waals surface area contributed by atoms with E-state index in [0.29, 0.717) is 36.4 Å². The van der Waals surface area contributed by atoms with Crippen LogP contribution in [0.2, 0.25) is 5.02 Å². The van der Waals surface area contributed by atoms with E-state index < -0.39 is 53.5 Å². The number of benzene rings is 2. The van der Waals surface area contributed by atoms with Gasteiger partial charge in [0.2, 0.25) is 11.8 Å². The summed E-state index contributed by atoms with van der Waals surface area (Å²) in [6.45, 7) is 11.1. The maximum absolute atomic E-state index is 14.8. The Hall–Kier alpha value is -3.99. The van der Waals surface area contributed by atoms with Gasteiger partial charge in [0.05, 0.1) is 36.6 Å². The van der Waals surface area contributed by atoms with Crippen LogP contribution in [0.1, 0.15) is 57.6 Å². The van der Waals surface area contributed by atoms with Crippen LogP contribution in [0.25, 0.3) is 0 Å². The number of amides is 3. The summed E-state index contributed by atoms with van der Waals surface area (Å²) < 4.78 is 12.2. The van der Waals surface area contributed by atoms with E-state index in [9.17, 15) is 24.3 Å². The number of nitrogens with one attached hydrogen (secondary N) is 1. The first-order chi connectivity index (χ1) is 23.6. The Morgan fingerprint density at radius 3 is 2.51 bits per heavy atom. The van der Waals surface area contributed by atoms with E-state index in [1.165, 1.54) is 4.90 Å². The van der Waals surface area contributed by atoms with Crippen LogP contribution in [0.15, 0.2) is 79.9 Å². The molecule has 10 nitrogen and oxygen atoms in total. The van der Waals surface area contributed by atoms with Gasteiger partial charge in [-0.25, -0.2) is 0 Å². The number of hydrogen-bond donors (Lipinski definition) is 2. The first-order valence-corrected chi connectivity index (χ1v) is 17.4. The zero-order chi connectivity index (χ0) is 35.3. The summed E-state index contributed by atoms with van der Waals surface area (Å²) in [5, 5.41) is 14.3. The molecule has 2 aromatic carbocycles. The maximum Gasteiger partial charge on any atom is 0.306 e. The highest BCUT2D eigenvalue weighted by Gasteiger charge is 2.75. The van der Waals surface area contributed by atoms with Crippen LogP contribution in [0.4, 0.5) is 5.69 Å². The highest BCUT2D eigenvalue weighted by atomic mass is 35.5. The molecule has 3 fully saturated rings. The van der Waals surface area contributed by atoms with Gasteiger partial charge in [-0.1, -0.05) is 74.4 Å². The van der Waals surface area contributed by atoms with Crippen molar-refractivity contribution in [3.8, 4) is 0 Å². The highest BCUT2D eigenvalue weighted by Crippen LogP contribution is 2.59. The summed E-state index contributed by atoms with van der Waals surface area (Å²) in [5.74, 6) is -3.60. The van der Waals surface area contributed by atoms with E-state index in [1.807, 2.05) is 44.2 Å². The molecular formula is C38H46ClN3O7. The molecule has 0 saturated carbocycles. The molecule has 0 aromatic heterocycles. The normalized spacial score (nSPS) is 25.6. The van der Waals surface area contributed by atoms with Gasteiger partial charge in [0, 0.05) is 23.7 Å². The number of allylic oxidation sites excluding steroid dienone is 1.